The molecule has 1 aromatic carbocycles. The zero-order valence-electron chi connectivity index (χ0n) is 7.80. The fraction of sp³-hybridized carbons (Fsp3) is 0.200. The van der Waals surface area contributed by atoms with Gasteiger partial charge in [-0.2, -0.15) is 0 Å². The number of carboxylic acid groups (broad SMARTS) is 1. The second-order valence-corrected chi connectivity index (χ2v) is 3.40. The summed E-state index contributed by atoms with van der Waals surface area (Å²) in [5.74, 6) is -1.26. The molecule has 0 atom stereocenters. The Hall–Kier alpha value is -2.04. The SMILES string of the molecule is O=C(O)CN1Cc2cc(O)ccc2C1=O. The minimum Gasteiger partial charge on any atom is -0.508 e. The normalized spacial score (nSPS) is 14.1. The van der Waals surface area contributed by atoms with Gasteiger partial charge in [-0.15, -0.1) is 0 Å². The van der Waals surface area contributed by atoms with Crippen LogP contribution in [0.5, 0.6) is 5.75 Å². The van der Waals surface area contributed by atoms with E-state index in [1.165, 1.54) is 23.1 Å². The Balaban J connectivity index is 2.29. The zero-order valence-corrected chi connectivity index (χ0v) is 7.80. The maximum atomic E-state index is 11.6. The van der Waals surface area contributed by atoms with E-state index in [0.717, 1.165) is 0 Å². The van der Waals surface area contributed by atoms with Crippen molar-refractivity contribution in [3.8, 4) is 5.75 Å². The number of benzene rings is 1. The van der Waals surface area contributed by atoms with E-state index in [0.29, 0.717) is 11.1 Å². The number of aromatic hydroxyl groups is 1. The highest BCUT2D eigenvalue weighted by Crippen LogP contribution is 2.25. The third-order valence-electron chi connectivity index (χ3n) is 2.29. The van der Waals surface area contributed by atoms with Gasteiger partial charge < -0.3 is 15.1 Å². The summed E-state index contributed by atoms with van der Waals surface area (Å²) in [6.45, 7) is -0.0663. The van der Waals surface area contributed by atoms with Crippen molar-refractivity contribution in [1.29, 1.82) is 0 Å². The van der Waals surface area contributed by atoms with E-state index in [9.17, 15) is 14.7 Å². The average Bonchev–Trinajstić information content (AvgIpc) is 2.42. The molecule has 0 unspecified atom stereocenters. The van der Waals surface area contributed by atoms with Crippen LogP contribution in [0.25, 0.3) is 0 Å². The van der Waals surface area contributed by atoms with Gasteiger partial charge in [-0.05, 0) is 23.8 Å². The molecule has 78 valence electrons. The van der Waals surface area contributed by atoms with Crippen LogP contribution in [0.15, 0.2) is 18.2 Å². The number of phenolic OH excluding ortho intramolecular Hbond substituents is 1. The van der Waals surface area contributed by atoms with E-state index < -0.39 is 5.97 Å². The molecular formula is C10H9NO4. The second kappa shape index (κ2) is 3.27. The Kier molecular flexibility index (Phi) is 2.07. The molecule has 5 nitrogen and oxygen atoms in total. The lowest BCUT2D eigenvalue weighted by Gasteiger charge is -2.11. The number of carbonyl (C=O) groups excluding carboxylic acids is 1. The van der Waals surface area contributed by atoms with Gasteiger partial charge >= 0.3 is 5.97 Å². The summed E-state index contributed by atoms with van der Waals surface area (Å²) in [6, 6.07) is 4.41. The van der Waals surface area contributed by atoms with Crippen molar-refractivity contribution < 1.29 is 19.8 Å². The molecule has 0 aliphatic carbocycles. The van der Waals surface area contributed by atoms with Crippen molar-refractivity contribution >= 4 is 11.9 Å². The molecule has 1 aliphatic rings. The van der Waals surface area contributed by atoms with E-state index in [2.05, 4.69) is 0 Å². The van der Waals surface area contributed by atoms with Gasteiger partial charge in [-0.3, -0.25) is 9.59 Å². The third kappa shape index (κ3) is 1.63. The molecule has 0 saturated heterocycles. The summed E-state index contributed by atoms with van der Waals surface area (Å²) >= 11 is 0. The van der Waals surface area contributed by atoms with E-state index in [1.807, 2.05) is 0 Å². The Bertz CT molecular complexity index is 441. The number of hydrogen-bond donors (Lipinski definition) is 2. The van der Waals surface area contributed by atoms with E-state index in [4.69, 9.17) is 5.11 Å². The molecule has 1 amide bonds. The number of rotatable bonds is 2. The Morgan fingerprint density at radius 2 is 2.20 bits per heavy atom. The molecule has 1 heterocycles. The fourth-order valence-electron chi connectivity index (χ4n) is 1.66. The first-order chi connectivity index (χ1) is 7.08. The van der Waals surface area contributed by atoms with Gasteiger partial charge in [0.05, 0.1) is 0 Å². The van der Waals surface area contributed by atoms with Crippen molar-refractivity contribution in [3.63, 3.8) is 0 Å². The lowest BCUT2D eigenvalue weighted by molar-refractivity contribution is -0.137. The smallest absolute Gasteiger partial charge is 0.323 e. The molecule has 15 heavy (non-hydrogen) atoms. The number of amides is 1. The monoisotopic (exact) mass is 207 g/mol. The highest BCUT2D eigenvalue weighted by Gasteiger charge is 2.28. The average molecular weight is 207 g/mol. The highest BCUT2D eigenvalue weighted by molar-refractivity contribution is 5.99. The molecule has 0 spiro atoms. The molecule has 5 heteroatoms. The third-order valence-corrected chi connectivity index (χ3v) is 2.29. The molecule has 1 aliphatic heterocycles. The summed E-state index contributed by atoms with van der Waals surface area (Å²) in [5.41, 5.74) is 1.13. The van der Waals surface area contributed by atoms with Crippen LogP contribution in [0.4, 0.5) is 0 Å². The standard InChI is InChI=1S/C10H9NO4/c12-7-1-2-8-6(3-7)4-11(10(8)15)5-9(13)14/h1-3,12H,4-5H2,(H,13,14). The van der Waals surface area contributed by atoms with E-state index in [1.54, 1.807) is 0 Å². The molecular weight excluding hydrogens is 198 g/mol. The molecule has 1 aromatic rings. The number of nitrogens with zero attached hydrogens (tertiary/aromatic N) is 1. The topological polar surface area (TPSA) is 77.8 Å². The van der Waals surface area contributed by atoms with Crippen LogP contribution in [0, 0.1) is 0 Å². The summed E-state index contributed by atoms with van der Waals surface area (Å²) in [7, 11) is 0. The van der Waals surface area contributed by atoms with Crippen molar-refractivity contribution in [3.05, 3.63) is 29.3 Å². The van der Waals surface area contributed by atoms with E-state index >= 15 is 0 Å². The minimum atomic E-state index is -1.04. The largest absolute Gasteiger partial charge is 0.508 e. The summed E-state index contributed by atoms with van der Waals surface area (Å²) in [6.07, 6.45) is 0. The molecule has 0 bridgehead atoms. The molecule has 0 radical (unpaired) electrons. The second-order valence-electron chi connectivity index (χ2n) is 3.40. The maximum Gasteiger partial charge on any atom is 0.323 e. The predicted molar refractivity (Wildman–Crippen MR) is 50.5 cm³/mol. The van der Waals surface area contributed by atoms with Crippen LogP contribution in [0.1, 0.15) is 15.9 Å². The minimum absolute atomic E-state index is 0.0822. The molecule has 0 fully saturated rings. The molecule has 0 saturated carbocycles. The predicted octanol–water partition coefficient (Wildman–Crippen LogP) is 0.433. The number of fused-ring (bicyclic) bond motifs is 1. The molecule has 0 aromatic heterocycles. The van der Waals surface area contributed by atoms with Gasteiger partial charge in [-0.25, -0.2) is 0 Å². The first-order valence-electron chi connectivity index (χ1n) is 4.41. The molecule has 2 N–H and O–H groups in total. The Morgan fingerprint density at radius 3 is 2.87 bits per heavy atom. The number of hydrogen-bond acceptors (Lipinski definition) is 3. The van der Waals surface area contributed by atoms with Crippen molar-refractivity contribution in [2.75, 3.05) is 6.54 Å². The van der Waals surface area contributed by atoms with Gasteiger partial charge in [0.15, 0.2) is 0 Å². The van der Waals surface area contributed by atoms with Gasteiger partial charge in [-0.1, -0.05) is 0 Å². The van der Waals surface area contributed by atoms with Crippen LogP contribution in [-0.2, 0) is 11.3 Å². The van der Waals surface area contributed by atoms with Crippen LogP contribution in [-0.4, -0.2) is 33.5 Å². The first-order valence-corrected chi connectivity index (χ1v) is 4.41. The Morgan fingerprint density at radius 1 is 1.47 bits per heavy atom. The lowest BCUT2D eigenvalue weighted by Crippen LogP contribution is -2.29. The fourth-order valence-corrected chi connectivity index (χ4v) is 1.66. The van der Waals surface area contributed by atoms with Crippen LogP contribution >= 0.6 is 0 Å². The van der Waals surface area contributed by atoms with Gasteiger partial charge in [0.25, 0.3) is 5.91 Å². The number of carbonyl (C=O) groups is 2. The van der Waals surface area contributed by atoms with Crippen LogP contribution < -0.4 is 0 Å². The Labute approximate surface area is 85.6 Å². The first kappa shape index (κ1) is 9.51. The summed E-state index contributed by atoms with van der Waals surface area (Å²) in [5, 5.41) is 17.8. The van der Waals surface area contributed by atoms with Crippen molar-refractivity contribution in [2.45, 2.75) is 6.54 Å². The van der Waals surface area contributed by atoms with Crippen molar-refractivity contribution in [2.24, 2.45) is 0 Å². The maximum absolute atomic E-state index is 11.6. The van der Waals surface area contributed by atoms with Crippen LogP contribution in [0.2, 0.25) is 0 Å². The van der Waals surface area contributed by atoms with Crippen LogP contribution in [0.3, 0.4) is 0 Å². The van der Waals surface area contributed by atoms with Gasteiger partial charge in [0.2, 0.25) is 0 Å². The highest BCUT2D eigenvalue weighted by atomic mass is 16.4. The summed E-state index contributed by atoms with van der Waals surface area (Å²) < 4.78 is 0. The zero-order chi connectivity index (χ0) is 11.0. The number of phenols is 1. The molecule has 2 rings (SSSR count). The van der Waals surface area contributed by atoms with E-state index in [-0.39, 0.29) is 24.7 Å². The quantitative estimate of drug-likeness (QED) is 0.737. The lowest BCUT2D eigenvalue weighted by atomic mass is 10.1. The number of carboxylic acids is 1. The van der Waals surface area contributed by atoms with Crippen molar-refractivity contribution in [1.82, 2.24) is 4.90 Å². The van der Waals surface area contributed by atoms with Gasteiger partial charge in [0.1, 0.15) is 12.3 Å². The summed E-state index contributed by atoms with van der Waals surface area (Å²) in [4.78, 5) is 23.3. The van der Waals surface area contributed by atoms with Gasteiger partial charge in [0, 0.05) is 12.1 Å². The number of aliphatic carboxylic acids is 1.